The topological polar surface area (TPSA) is 73.9 Å². The summed E-state index contributed by atoms with van der Waals surface area (Å²) < 4.78 is 14.8. The van der Waals surface area contributed by atoms with E-state index < -0.39 is 23.5 Å². The molecule has 6 nitrogen and oxygen atoms in total. The van der Waals surface area contributed by atoms with E-state index in [1.54, 1.807) is 0 Å². The van der Waals surface area contributed by atoms with E-state index in [1.807, 2.05) is 27.7 Å². The summed E-state index contributed by atoms with van der Waals surface area (Å²) in [6, 6.07) is -0.741. The molecule has 0 saturated carbocycles. The van der Waals surface area contributed by atoms with Gasteiger partial charge in [-0.25, -0.2) is 9.59 Å². The number of carbonyl (C=O) groups excluding carboxylic acids is 2. The number of methoxy groups -OCH3 is 1. The van der Waals surface area contributed by atoms with E-state index in [1.165, 1.54) is 7.11 Å². The van der Waals surface area contributed by atoms with Crippen molar-refractivity contribution in [2.75, 3.05) is 26.9 Å². The molecule has 1 atom stereocenters. The SMILES string of the molecule is CCCCOC(=O)C(NC(=O)OCCOC)C(C)(C)C. The fraction of sp³-hybridized carbons (Fsp3) is 0.857. The number of amides is 1. The van der Waals surface area contributed by atoms with E-state index >= 15 is 0 Å². The number of carbonyl (C=O) groups is 2. The second-order valence-corrected chi connectivity index (χ2v) is 5.59. The van der Waals surface area contributed by atoms with Gasteiger partial charge in [0, 0.05) is 7.11 Å². The summed E-state index contributed by atoms with van der Waals surface area (Å²) >= 11 is 0. The lowest BCUT2D eigenvalue weighted by Crippen LogP contribution is -2.50. The molecule has 0 fully saturated rings. The molecule has 118 valence electrons. The second-order valence-electron chi connectivity index (χ2n) is 5.59. The van der Waals surface area contributed by atoms with Crippen LogP contribution in [-0.4, -0.2) is 45.0 Å². The number of hydrogen-bond acceptors (Lipinski definition) is 5. The Morgan fingerprint density at radius 3 is 2.25 bits per heavy atom. The molecule has 0 aliphatic rings. The second kappa shape index (κ2) is 9.58. The highest BCUT2D eigenvalue weighted by atomic mass is 16.6. The Labute approximate surface area is 121 Å². The minimum atomic E-state index is -0.741. The minimum Gasteiger partial charge on any atom is -0.464 e. The van der Waals surface area contributed by atoms with Crippen molar-refractivity contribution in [3.63, 3.8) is 0 Å². The molecule has 6 heteroatoms. The summed E-state index contributed by atoms with van der Waals surface area (Å²) in [6.45, 7) is 8.40. The van der Waals surface area contributed by atoms with E-state index in [0.29, 0.717) is 13.2 Å². The van der Waals surface area contributed by atoms with E-state index in [-0.39, 0.29) is 6.61 Å². The van der Waals surface area contributed by atoms with Gasteiger partial charge in [0.2, 0.25) is 0 Å². The van der Waals surface area contributed by atoms with Gasteiger partial charge in [0.25, 0.3) is 0 Å². The molecule has 0 aromatic rings. The molecule has 1 amide bonds. The van der Waals surface area contributed by atoms with Gasteiger partial charge in [-0.3, -0.25) is 0 Å². The predicted octanol–water partition coefficient (Wildman–Crippen LogP) is 2.12. The summed E-state index contributed by atoms with van der Waals surface area (Å²) in [5, 5.41) is 2.55. The van der Waals surface area contributed by atoms with Crippen molar-refractivity contribution in [1.29, 1.82) is 0 Å². The molecule has 0 aromatic heterocycles. The van der Waals surface area contributed by atoms with Gasteiger partial charge >= 0.3 is 12.1 Å². The van der Waals surface area contributed by atoms with Gasteiger partial charge in [0.05, 0.1) is 13.2 Å². The molecule has 0 bridgehead atoms. The van der Waals surface area contributed by atoms with Gasteiger partial charge in [-0.2, -0.15) is 0 Å². The Morgan fingerprint density at radius 1 is 1.10 bits per heavy atom. The zero-order chi connectivity index (χ0) is 15.6. The van der Waals surface area contributed by atoms with E-state index in [2.05, 4.69) is 5.32 Å². The molecular weight excluding hydrogens is 262 g/mol. The summed E-state index contributed by atoms with van der Waals surface area (Å²) in [7, 11) is 1.52. The number of ether oxygens (including phenoxy) is 3. The average molecular weight is 289 g/mol. The van der Waals surface area contributed by atoms with Crippen LogP contribution in [-0.2, 0) is 19.0 Å². The summed E-state index contributed by atoms with van der Waals surface area (Å²) in [5.41, 5.74) is -0.455. The van der Waals surface area contributed by atoms with Crippen LogP contribution < -0.4 is 5.32 Å². The highest BCUT2D eigenvalue weighted by Crippen LogP contribution is 2.20. The van der Waals surface area contributed by atoms with Crippen LogP contribution in [0, 0.1) is 5.41 Å². The molecule has 0 radical (unpaired) electrons. The Bertz CT molecular complexity index is 298. The van der Waals surface area contributed by atoms with Gasteiger partial charge < -0.3 is 19.5 Å². The zero-order valence-electron chi connectivity index (χ0n) is 13.2. The van der Waals surface area contributed by atoms with Crippen LogP contribution in [0.2, 0.25) is 0 Å². The number of unbranched alkanes of at least 4 members (excludes halogenated alkanes) is 1. The summed E-state index contributed by atoms with van der Waals surface area (Å²) in [6.07, 6.45) is 1.11. The molecule has 20 heavy (non-hydrogen) atoms. The van der Waals surface area contributed by atoms with Crippen molar-refractivity contribution in [2.45, 2.75) is 46.6 Å². The van der Waals surface area contributed by atoms with Crippen molar-refractivity contribution in [1.82, 2.24) is 5.32 Å². The highest BCUT2D eigenvalue weighted by Gasteiger charge is 2.34. The molecule has 0 heterocycles. The Hall–Kier alpha value is -1.30. The van der Waals surface area contributed by atoms with E-state index in [4.69, 9.17) is 14.2 Å². The first-order valence-corrected chi connectivity index (χ1v) is 6.91. The molecular formula is C14H27NO5. The average Bonchev–Trinajstić information content (AvgIpc) is 2.35. The van der Waals surface area contributed by atoms with Crippen LogP contribution in [0.5, 0.6) is 0 Å². The Morgan fingerprint density at radius 2 is 1.75 bits per heavy atom. The van der Waals surface area contributed by atoms with Gasteiger partial charge in [-0.1, -0.05) is 34.1 Å². The highest BCUT2D eigenvalue weighted by molar-refractivity contribution is 5.82. The number of esters is 1. The van der Waals surface area contributed by atoms with Crippen LogP contribution in [0.25, 0.3) is 0 Å². The fourth-order valence-corrected chi connectivity index (χ4v) is 1.41. The lowest BCUT2D eigenvalue weighted by Gasteiger charge is -2.29. The predicted molar refractivity (Wildman–Crippen MR) is 75.5 cm³/mol. The third kappa shape index (κ3) is 7.99. The molecule has 1 unspecified atom stereocenters. The normalized spacial score (nSPS) is 12.7. The third-order valence-corrected chi connectivity index (χ3v) is 2.63. The largest absolute Gasteiger partial charge is 0.464 e. The maximum atomic E-state index is 12.0. The number of hydrogen-bond donors (Lipinski definition) is 1. The zero-order valence-corrected chi connectivity index (χ0v) is 13.2. The van der Waals surface area contributed by atoms with Crippen molar-refractivity contribution < 1.29 is 23.8 Å². The maximum absolute atomic E-state index is 12.0. The number of alkyl carbamates (subject to hydrolysis) is 1. The minimum absolute atomic E-state index is 0.143. The molecule has 1 N–H and O–H groups in total. The monoisotopic (exact) mass is 289 g/mol. The number of rotatable bonds is 8. The Balaban J connectivity index is 4.42. The lowest BCUT2D eigenvalue weighted by atomic mass is 9.87. The Kier molecular flexibility index (Phi) is 8.96. The van der Waals surface area contributed by atoms with Crippen molar-refractivity contribution in [3.8, 4) is 0 Å². The smallest absolute Gasteiger partial charge is 0.407 e. The summed E-state index contributed by atoms with van der Waals surface area (Å²) in [4.78, 5) is 23.6. The van der Waals surface area contributed by atoms with Crippen molar-refractivity contribution in [2.24, 2.45) is 5.41 Å². The molecule has 0 saturated heterocycles. The molecule has 0 aliphatic carbocycles. The lowest BCUT2D eigenvalue weighted by molar-refractivity contribution is -0.149. The fourth-order valence-electron chi connectivity index (χ4n) is 1.41. The van der Waals surface area contributed by atoms with Crippen LogP contribution in [0.1, 0.15) is 40.5 Å². The first-order chi connectivity index (χ1) is 9.32. The summed E-state index contributed by atoms with van der Waals surface area (Å²) in [5.74, 6) is -0.436. The van der Waals surface area contributed by atoms with Crippen molar-refractivity contribution in [3.05, 3.63) is 0 Å². The van der Waals surface area contributed by atoms with Crippen LogP contribution in [0.3, 0.4) is 0 Å². The van der Waals surface area contributed by atoms with Gasteiger partial charge in [-0.05, 0) is 11.8 Å². The third-order valence-electron chi connectivity index (χ3n) is 2.63. The van der Waals surface area contributed by atoms with Crippen molar-refractivity contribution >= 4 is 12.1 Å². The van der Waals surface area contributed by atoms with Gasteiger partial charge in [0.1, 0.15) is 12.6 Å². The van der Waals surface area contributed by atoms with Gasteiger partial charge in [-0.15, -0.1) is 0 Å². The first kappa shape index (κ1) is 18.7. The standard InChI is InChI=1S/C14H27NO5/c1-6-7-8-19-12(16)11(14(2,3)4)15-13(17)20-10-9-18-5/h11H,6-10H2,1-5H3,(H,15,17). The quantitative estimate of drug-likeness (QED) is 0.547. The molecule has 0 aromatic carbocycles. The van der Waals surface area contributed by atoms with Crippen LogP contribution in [0.15, 0.2) is 0 Å². The maximum Gasteiger partial charge on any atom is 0.407 e. The van der Waals surface area contributed by atoms with E-state index in [9.17, 15) is 9.59 Å². The number of nitrogens with one attached hydrogen (secondary N) is 1. The van der Waals surface area contributed by atoms with Crippen LogP contribution in [0.4, 0.5) is 4.79 Å². The van der Waals surface area contributed by atoms with Crippen LogP contribution >= 0.6 is 0 Å². The van der Waals surface area contributed by atoms with E-state index in [0.717, 1.165) is 12.8 Å². The van der Waals surface area contributed by atoms with Gasteiger partial charge in [0.15, 0.2) is 0 Å². The molecule has 0 spiro atoms. The first-order valence-electron chi connectivity index (χ1n) is 6.91. The molecule has 0 aliphatic heterocycles. The molecule has 0 rings (SSSR count).